The average Bonchev–Trinajstić information content (AvgIpc) is 2.34. The van der Waals surface area contributed by atoms with Gasteiger partial charge in [-0.15, -0.1) is 0 Å². The van der Waals surface area contributed by atoms with E-state index in [1.54, 1.807) is 19.1 Å². The molecule has 1 aromatic carbocycles. The highest BCUT2D eigenvalue weighted by atomic mass is 16.3. The maximum atomic E-state index is 11.7. The van der Waals surface area contributed by atoms with E-state index < -0.39 is 6.10 Å². The van der Waals surface area contributed by atoms with Gasteiger partial charge in [-0.2, -0.15) is 0 Å². The summed E-state index contributed by atoms with van der Waals surface area (Å²) in [5, 5.41) is 15.1. The Morgan fingerprint density at radius 1 is 1.32 bits per heavy atom. The zero-order valence-electron chi connectivity index (χ0n) is 11.9. The number of aliphatic hydroxyl groups excluding tert-OH is 1. The summed E-state index contributed by atoms with van der Waals surface area (Å²) in [7, 11) is 0. The van der Waals surface area contributed by atoms with E-state index in [1.807, 2.05) is 12.1 Å². The quantitative estimate of drug-likeness (QED) is 0.690. The van der Waals surface area contributed by atoms with Crippen LogP contribution < -0.4 is 10.6 Å². The Labute approximate surface area is 115 Å². The Kier molecular flexibility index (Phi) is 6.36. The first kappa shape index (κ1) is 15.5. The van der Waals surface area contributed by atoms with Crippen LogP contribution in [0, 0.1) is 5.92 Å². The van der Waals surface area contributed by atoms with Crippen LogP contribution in [0.2, 0.25) is 0 Å². The monoisotopic (exact) mass is 264 g/mol. The number of carbonyl (C=O) groups is 1. The zero-order chi connectivity index (χ0) is 14.3. The third kappa shape index (κ3) is 6.25. The maximum Gasteiger partial charge on any atom is 0.319 e. The van der Waals surface area contributed by atoms with Crippen molar-refractivity contribution in [2.45, 2.75) is 39.7 Å². The molecule has 4 heteroatoms. The van der Waals surface area contributed by atoms with Crippen LogP contribution in [0.4, 0.5) is 10.5 Å². The predicted octanol–water partition coefficient (Wildman–Crippen LogP) is 3.30. The molecule has 0 aliphatic carbocycles. The van der Waals surface area contributed by atoms with Crippen LogP contribution in [-0.4, -0.2) is 17.7 Å². The minimum Gasteiger partial charge on any atom is -0.389 e. The standard InChI is InChI=1S/C15H24N2O2/c1-11(2)6-5-9-16-15(19)17-14-8-4-7-13(10-14)12(3)18/h4,7-8,10-12,18H,5-6,9H2,1-3H3,(H2,16,17,19). The van der Waals surface area contributed by atoms with Crippen LogP contribution in [0.25, 0.3) is 0 Å². The van der Waals surface area contributed by atoms with Gasteiger partial charge in [0.1, 0.15) is 0 Å². The molecule has 2 amide bonds. The number of hydrogen-bond acceptors (Lipinski definition) is 2. The fourth-order valence-electron chi connectivity index (χ4n) is 1.76. The number of amides is 2. The number of aliphatic hydroxyl groups is 1. The first-order chi connectivity index (χ1) is 8.99. The first-order valence-corrected chi connectivity index (χ1v) is 6.82. The Hall–Kier alpha value is -1.55. The van der Waals surface area contributed by atoms with Gasteiger partial charge in [0, 0.05) is 12.2 Å². The summed E-state index contributed by atoms with van der Waals surface area (Å²) >= 11 is 0. The van der Waals surface area contributed by atoms with E-state index in [2.05, 4.69) is 24.5 Å². The van der Waals surface area contributed by atoms with Gasteiger partial charge in [-0.25, -0.2) is 4.79 Å². The van der Waals surface area contributed by atoms with Crippen molar-refractivity contribution < 1.29 is 9.90 Å². The number of hydrogen-bond donors (Lipinski definition) is 3. The van der Waals surface area contributed by atoms with E-state index in [4.69, 9.17) is 0 Å². The normalized spacial score (nSPS) is 12.3. The Morgan fingerprint density at radius 3 is 2.68 bits per heavy atom. The van der Waals surface area contributed by atoms with Crippen molar-refractivity contribution in [2.24, 2.45) is 5.92 Å². The molecule has 0 fully saturated rings. The summed E-state index contributed by atoms with van der Waals surface area (Å²) in [5.74, 6) is 0.660. The summed E-state index contributed by atoms with van der Waals surface area (Å²) in [5.41, 5.74) is 1.48. The number of carbonyl (C=O) groups excluding carboxylic acids is 1. The third-order valence-electron chi connectivity index (χ3n) is 2.87. The molecule has 4 nitrogen and oxygen atoms in total. The van der Waals surface area contributed by atoms with E-state index in [9.17, 15) is 9.90 Å². The largest absolute Gasteiger partial charge is 0.389 e. The van der Waals surface area contributed by atoms with Gasteiger partial charge >= 0.3 is 6.03 Å². The topological polar surface area (TPSA) is 61.4 Å². The molecule has 0 aliphatic rings. The highest BCUT2D eigenvalue weighted by molar-refractivity contribution is 5.89. The second-order valence-corrected chi connectivity index (χ2v) is 5.22. The summed E-state index contributed by atoms with van der Waals surface area (Å²) in [4.78, 5) is 11.7. The van der Waals surface area contributed by atoms with Gasteiger partial charge in [0.2, 0.25) is 0 Å². The molecule has 0 aliphatic heterocycles. The Morgan fingerprint density at radius 2 is 2.05 bits per heavy atom. The maximum absolute atomic E-state index is 11.7. The van der Waals surface area contributed by atoms with Crippen LogP contribution >= 0.6 is 0 Å². The SMILES string of the molecule is CC(C)CCCNC(=O)Nc1cccc(C(C)O)c1. The lowest BCUT2D eigenvalue weighted by atomic mass is 10.1. The first-order valence-electron chi connectivity index (χ1n) is 6.82. The van der Waals surface area contributed by atoms with E-state index >= 15 is 0 Å². The number of nitrogens with one attached hydrogen (secondary N) is 2. The molecule has 0 bridgehead atoms. The molecule has 1 unspecified atom stereocenters. The predicted molar refractivity (Wildman–Crippen MR) is 78.2 cm³/mol. The molecule has 1 aromatic rings. The average molecular weight is 264 g/mol. The Balaban J connectivity index is 2.37. The van der Waals surface area contributed by atoms with Gasteiger partial charge in [-0.1, -0.05) is 26.0 Å². The van der Waals surface area contributed by atoms with Gasteiger partial charge in [0.25, 0.3) is 0 Å². The van der Waals surface area contributed by atoms with Crippen LogP contribution in [-0.2, 0) is 0 Å². The summed E-state index contributed by atoms with van der Waals surface area (Å²) in [6.45, 7) is 6.72. The van der Waals surface area contributed by atoms with Crippen molar-refractivity contribution in [3.8, 4) is 0 Å². The van der Waals surface area contributed by atoms with Crippen molar-refractivity contribution in [1.82, 2.24) is 5.32 Å². The smallest absolute Gasteiger partial charge is 0.319 e. The molecular formula is C15H24N2O2. The number of urea groups is 1. The molecule has 0 saturated carbocycles. The van der Waals surface area contributed by atoms with Crippen LogP contribution in [0.3, 0.4) is 0 Å². The summed E-state index contributed by atoms with van der Waals surface area (Å²) in [6.07, 6.45) is 1.56. The number of benzene rings is 1. The van der Waals surface area contributed by atoms with E-state index in [1.165, 1.54) is 0 Å². The van der Waals surface area contributed by atoms with Gasteiger partial charge in [0.05, 0.1) is 6.10 Å². The molecule has 106 valence electrons. The fourth-order valence-corrected chi connectivity index (χ4v) is 1.76. The molecule has 19 heavy (non-hydrogen) atoms. The fraction of sp³-hybridized carbons (Fsp3) is 0.533. The van der Waals surface area contributed by atoms with Crippen LogP contribution in [0.15, 0.2) is 24.3 Å². The van der Waals surface area contributed by atoms with E-state index in [0.29, 0.717) is 18.2 Å². The van der Waals surface area contributed by atoms with Gasteiger partial charge in [0.15, 0.2) is 0 Å². The van der Waals surface area contributed by atoms with Gasteiger partial charge < -0.3 is 15.7 Å². The molecule has 1 rings (SSSR count). The highest BCUT2D eigenvalue weighted by Crippen LogP contribution is 2.16. The summed E-state index contributed by atoms with van der Waals surface area (Å²) in [6, 6.07) is 7.02. The molecular weight excluding hydrogens is 240 g/mol. The van der Waals surface area contributed by atoms with Crippen molar-refractivity contribution in [1.29, 1.82) is 0 Å². The van der Waals surface area contributed by atoms with Crippen molar-refractivity contribution >= 4 is 11.7 Å². The lowest BCUT2D eigenvalue weighted by Crippen LogP contribution is -2.29. The minimum atomic E-state index is -0.532. The molecule has 1 atom stereocenters. The third-order valence-corrected chi connectivity index (χ3v) is 2.87. The van der Waals surface area contributed by atoms with E-state index in [0.717, 1.165) is 18.4 Å². The second-order valence-electron chi connectivity index (χ2n) is 5.22. The molecule has 0 aromatic heterocycles. The van der Waals surface area contributed by atoms with Crippen molar-refractivity contribution in [3.63, 3.8) is 0 Å². The Bertz CT molecular complexity index is 403. The molecule has 0 spiro atoms. The molecule has 0 saturated heterocycles. The van der Waals surface area contributed by atoms with Crippen molar-refractivity contribution in [3.05, 3.63) is 29.8 Å². The van der Waals surface area contributed by atoms with Gasteiger partial charge in [-0.05, 0) is 43.4 Å². The number of rotatable bonds is 6. The molecule has 3 N–H and O–H groups in total. The van der Waals surface area contributed by atoms with Crippen LogP contribution in [0.5, 0.6) is 0 Å². The summed E-state index contributed by atoms with van der Waals surface area (Å²) < 4.78 is 0. The highest BCUT2D eigenvalue weighted by Gasteiger charge is 2.04. The van der Waals surface area contributed by atoms with Gasteiger partial charge in [-0.3, -0.25) is 0 Å². The lowest BCUT2D eigenvalue weighted by molar-refractivity contribution is 0.199. The lowest BCUT2D eigenvalue weighted by Gasteiger charge is -2.10. The molecule has 0 heterocycles. The van der Waals surface area contributed by atoms with E-state index in [-0.39, 0.29) is 6.03 Å². The minimum absolute atomic E-state index is 0.202. The second kappa shape index (κ2) is 7.79. The molecule has 0 radical (unpaired) electrons. The zero-order valence-corrected chi connectivity index (χ0v) is 11.9. The van der Waals surface area contributed by atoms with Crippen molar-refractivity contribution in [2.75, 3.05) is 11.9 Å². The number of anilines is 1. The van der Waals surface area contributed by atoms with Crippen LogP contribution in [0.1, 0.15) is 45.3 Å².